The number of amides is 1. The number of alkyl carbamates (subject to hydrolysis) is 1. The molecular weight excluding hydrogens is 322 g/mol. The van der Waals surface area contributed by atoms with Crippen LogP contribution in [0.1, 0.15) is 58.4 Å². The largest absolute Gasteiger partial charge is 0.513 e. The molecule has 0 aromatic heterocycles. The zero-order chi connectivity index (χ0) is 18.4. The van der Waals surface area contributed by atoms with Crippen LogP contribution in [0.15, 0.2) is 24.3 Å². The van der Waals surface area contributed by atoms with Gasteiger partial charge in [-0.1, -0.05) is 25.5 Å². The van der Waals surface area contributed by atoms with E-state index in [4.69, 9.17) is 14.2 Å². The average molecular weight is 349 g/mol. The first-order valence-corrected chi connectivity index (χ1v) is 8.72. The van der Waals surface area contributed by atoms with Crippen LogP contribution in [0.2, 0.25) is 0 Å². The summed E-state index contributed by atoms with van der Waals surface area (Å²) in [7, 11) is 0. The highest BCUT2D eigenvalue weighted by Gasteiger charge is 2.40. The second kappa shape index (κ2) is 8.23. The maximum Gasteiger partial charge on any atom is 0.513 e. The van der Waals surface area contributed by atoms with Crippen LogP contribution >= 0.6 is 0 Å². The van der Waals surface area contributed by atoms with E-state index in [0.29, 0.717) is 12.4 Å². The molecule has 0 spiro atoms. The van der Waals surface area contributed by atoms with Gasteiger partial charge >= 0.3 is 12.2 Å². The van der Waals surface area contributed by atoms with Crippen LogP contribution in [0.3, 0.4) is 0 Å². The van der Waals surface area contributed by atoms with Crippen molar-refractivity contribution < 1.29 is 23.8 Å². The Morgan fingerprint density at radius 3 is 2.48 bits per heavy atom. The molecule has 1 aliphatic rings. The van der Waals surface area contributed by atoms with E-state index in [9.17, 15) is 9.59 Å². The number of rotatable bonds is 6. The molecule has 0 heterocycles. The number of hydrogen-bond donors (Lipinski definition) is 1. The van der Waals surface area contributed by atoms with Crippen LogP contribution in [-0.2, 0) is 9.47 Å². The van der Waals surface area contributed by atoms with Crippen LogP contribution in [0, 0.1) is 0 Å². The minimum Gasteiger partial charge on any atom is -0.444 e. The first kappa shape index (κ1) is 19.1. The number of ether oxygens (including phenoxy) is 3. The van der Waals surface area contributed by atoms with Crippen molar-refractivity contribution in [3.63, 3.8) is 0 Å². The van der Waals surface area contributed by atoms with Gasteiger partial charge in [-0.25, -0.2) is 9.59 Å². The van der Waals surface area contributed by atoms with Gasteiger partial charge in [0, 0.05) is 12.0 Å². The molecule has 25 heavy (non-hydrogen) atoms. The van der Waals surface area contributed by atoms with Crippen molar-refractivity contribution in [2.75, 3.05) is 6.61 Å². The van der Waals surface area contributed by atoms with Gasteiger partial charge in [-0.3, -0.25) is 0 Å². The third kappa shape index (κ3) is 6.64. The van der Waals surface area contributed by atoms with E-state index in [1.54, 1.807) is 12.1 Å². The van der Waals surface area contributed by atoms with Gasteiger partial charge < -0.3 is 19.5 Å². The molecule has 1 aromatic rings. The zero-order valence-electron chi connectivity index (χ0n) is 15.3. The van der Waals surface area contributed by atoms with Crippen LogP contribution in [0.4, 0.5) is 9.59 Å². The predicted octanol–water partition coefficient (Wildman–Crippen LogP) is 4.38. The first-order chi connectivity index (χ1) is 11.8. The summed E-state index contributed by atoms with van der Waals surface area (Å²) in [6, 6.07) is 7.35. The van der Waals surface area contributed by atoms with Crippen LogP contribution in [0.25, 0.3) is 0 Å². The Balaban J connectivity index is 1.77. The molecule has 0 aliphatic heterocycles. The van der Waals surface area contributed by atoms with Gasteiger partial charge in [0.05, 0.1) is 6.61 Å². The number of unbranched alkanes of at least 4 members (excludes halogenated alkanes) is 1. The molecule has 1 unspecified atom stereocenters. The number of benzene rings is 1. The smallest absolute Gasteiger partial charge is 0.444 e. The fourth-order valence-electron chi connectivity index (χ4n) is 2.39. The Kier molecular flexibility index (Phi) is 6.28. The van der Waals surface area contributed by atoms with Crippen molar-refractivity contribution in [1.29, 1.82) is 0 Å². The lowest BCUT2D eigenvalue weighted by Crippen LogP contribution is -2.34. The summed E-state index contributed by atoms with van der Waals surface area (Å²) >= 11 is 0. The second-order valence-corrected chi connectivity index (χ2v) is 7.22. The van der Waals surface area contributed by atoms with Crippen LogP contribution < -0.4 is 10.1 Å². The number of hydrogen-bond acceptors (Lipinski definition) is 5. The average Bonchev–Trinajstić information content (AvgIpc) is 3.25. The lowest BCUT2D eigenvalue weighted by molar-refractivity contribution is 0.0522. The molecule has 138 valence electrons. The fourth-order valence-corrected chi connectivity index (χ4v) is 2.39. The van der Waals surface area contributed by atoms with E-state index in [1.807, 2.05) is 39.8 Å². The van der Waals surface area contributed by atoms with Gasteiger partial charge in [0.25, 0.3) is 0 Å². The Morgan fingerprint density at radius 2 is 1.88 bits per heavy atom. The van der Waals surface area contributed by atoms with Crippen molar-refractivity contribution in [1.82, 2.24) is 5.32 Å². The minimum atomic E-state index is -0.683. The van der Waals surface area contributed by atoms with Gasteiger partial charge in [-0.2, -0.15) is 0 Å². The molecule has 6 nitrogen and oxygen atoms in total. The highest BCUT2D eigenvalue weighted by molar-refractivity contribution is 5.69. The van der Waals surface area contributed by atoms with Gasteiger partial charge in [0.1, 0.15) is 11.4 Å². The Bertz CT molecular complexity index is 591. The Labute approximate surface area is 148 Å². The molecule has 6 heteroatoms. The normalized spacial score (nSPS) is 19.0. The monoisotopic (exact) mass is 349 g/mol. The molecule has 1 aromatic carbocycles. The van der Waals surface area contributed by atoms with E-state index < -0.39 is 17.8 Å². The summed E-state index contributed by atoms with van der Waals surface area (Å²) in [5, 5.41) is 2.87. The predicted molar refractivity (Wildman–Crippen MR) is 93.8 cm³/mol. The summed E-state index contributed by atoms with van der Waals surface area (Å²) in [6.45, 7) is 7.90. The van der Waals surface area contributed by atoms with Gasteiger partial charge in [-0.05, 0) is 51.3 Å². The third-order valence-electron chi connectivity index (χ3n) is 3.72. The molecule has 2 rings (SSSR count). The fraction of sp³-hybridized carbons (Fsp3) is 0.579. The molecule has 0 saturated heterocycles. The summed E-state index contributed by atoms with van der Waals surface area (Å²) in [5.41, 5.74) is 0.590. The molecule has 0 bridgehead atoms. The maximum atomic E-state index is 11.8. The van der Waals surface area contributed by atoms with E-state index in [1.165, 1.54) is 0 Å². The molecule has 1 aliphatic carbocycles. The molecule has 1 fully saturated rings. The molecule has 2 atom stereocenters. The first-order valence-electron chi connectivity index (χ1n) is 8.72. The number of nitrogens with one attached hydrogen (secondary N) is 1. The van der Waals surface area contributed by atoms with Gasteiger partial charge in [0.2, 0.25) is 0 Å². The Morgan fingerprint density at radius 1 is 1.20 bits per heavy atom. The molecule has 1 saturated carbocycles. The van der Waals surface area contributed by atoms with E-state index in [0.717, 1.165) is 24.8 Å². The minimum absolute atomic E-state index is 0.0839. The van der Waals surface area contributed by atoms with Crippen molar-refractivity contribution in [2.24, 2.45) is 0 Å². The number of carbonyl (C=O) groups excluding carboxylic acids is 2. The summed E-state index contributed by atoms with van der Waals surface area (Å²) < 4.78 is 15.3. The standard InChI is InChI=1S/C19H27NO5/c1-5-6-11-23-18(22)24-14-9-7-13(8-10-14)15-12-16(15)20-17(21)25-19(2,3)4/h7-10,15-16H,5-6,11-12H2,1-4H3,(H,20,21)/t15-,16?/m0/s1. The van der Waals surface area contributed by atoms with E-state index in [-0.39, 0.29) is 12.0 Å². The zero-order valence-corrected chi connectivity index (χ0v) is 15.3. The second-order valence-electron chi connectivity index (χ2n) is 7.22. The van der Waals surface area contributed by atoms with E-state index >= 15 is 0 Å². The van der Waals surface area contributed by atoms with Crippen molar-refractivity contribution in [3.8, 4) is 5.75 Å². The maximum absolute atomic E-state index is 11.8. The van der Waals surface area contributed by atoms with Crippen molar-refractivity contribution in [3.05, 3.63) is 29.8 Å². The topological polar surface area (TPSA) is 73.9 Å². The highest BCUT2D eigenvalue weighted by Crippen LogP contribution is 2.41. The van der Waals surface area contributed by atoms with Gasteiger partial charge in [0.15, 0.2) is 0 Å². The molecular formula is C19H27NO5. The molecule has 1 N–H and O–H groups in total. The quantitative estimate of drug-likeness (QED) is 0.468. The SMILES string of the molecule is CCCCOC(=O)Oc1ccc([C@@H]2CC2NC(=O)OC(C)(C)C)cc1. The lowest BCUT2D eigenvalue weighted by atomic mass is 10.1. The van der Waals surface area contributed by atoms with Crippen LogP contribution in [0.5, 0.6) is 5.75 Å². The summed E-state index contributed by atoms with van der Waals surface area (Å²) in [6.07, 6.45) is 1.58. The highest BCUT2D eigenvalue weighted by atomic mass is 16.7. The van der Waals surface area contributed by atoms with Crippen LogP contribution in [-0.4, -0.2) is 30.5 Å². The lowest BCUT2D eigenvalue weighted by Gasteiger charge is -2.19. The van der Waals surface area contributed by atoms with Crippen molar-refractivity contribution >= 4 is 12.2 Å². The van der Waals surface area contributed by atoms with E-state index in [2.05, 4.69) is 5.32 Å². The van der Waals surface area contributed by atoms with Crippen molar-refractivity contribution in [2.45, 2.75) is 64.5 Å². The summed E-state index contributed by atoms with van der Waals surface area (Å²) in [5.74, 6) is 0.709. The molecule has 0 radical (unpaired) electrons. The Hall–Kier alpha value is -2.24. The molecule has 1 amide bonds. The summed E-state index contributed by atoms with van der Waals surface area (Å²) in [4.78, 5) is 23.3. The van der Waals surface area contributed by atoms with Gasteiger partial charge in [-0.15, -0.1) is 0 Å². The number of carbonyl (C=O) groups is 2. The third-order valence-corrected chi connectivity index (χ3v) is 3.72.